The van der Waals surface area contributed by atoms with Crippen molar-refractivity contribution in [1.29, 1.82) is 0 Å². The third-order valence-corrected chi connectivity index (χ3v) is 3.24. The molecule has 0 bridgehead atoms. The van der Waals surface area contributed by atoms with Crippen LogP contribution in [-0.2, 0) is 10.9 Å². The van der Waals surface area contributed by atoms with Crippen molar-refractivity contribution >= 4 is 5.91 Å². The number of carbonyl (C=O) groups excluding carboxylic acids is 1. The Morgan fingerprint density at radius 3 is 2.33 bits per heavy atom. The van der Waals surface area contributed by atoms with Gasteiger partial charge in [-0.3, -0.25) is 4.79 Å². The largest absolute Gasteiger partial charge is 0.419 e. The first-order chi connectivity index (χ1) is 9.70. The zero-order chi connectivity index (χ0) is 15.8. The quantitative estimate of drug-likeness (QED) is 0.746. The van der Waals surface area contributed by atoms with E-state index in [0.717, 1.165) is 12.1 Å². The number of carbonyl (C=O) groups is 1. The Labute approximate surface area is 119 Å². The zero-order valence-electron chi connectivity index (χ0n) is 11.6. The molecule has 2 atom stereocenters. The van der Waals surface area contributed by atoms with E-state index in [1.54, 1.807) is 13.8 Å². The van der Waals surface area contributed by atoms with Gasteiger partial charge in [-0.25, -0.2) is 4.39 Å². The Kier molecular flexibility index (Phi) is 4.22. The molecule has 1 amide bonds. The van der Waals surface area contributed by atoms with E-state index in [-0.39, 0.29) is 25.3 Å². The Morgan fingerprint density at radius 2 is 1.81 bits per heavy atom. The fraction of sp³-hybridized carbons (Fsp3) is 0.500. The van der Waals surface area contributed by atoms with Crippen molar-refractivity contribution in [3.8, 4) is 0 Å². The summed E-state index contributed by atoms with van der Waals surface area (Å²) in [6, 6.07) is 2.72. The average Bonchev–Trinajstić information content (AvgIpc) is 2.35. The van der Waals surface area contributed by atoms with Crippen LogP contribution in [0.5, 0.6) is 0 Å². The molecule has 0 saturated carbocycles. The lowest BCUT2D eigenvalue weighted by Crippen LogP contribution is -2.48. The van der Waals surface area contributed by atoms with Crippen LogP contribution in [0.3, 0.4) is 0 Å². The normalized spacial score (nSPS) is 23.2. The van der Waals surface area contributed by atoms with Gasteiger partial charge in [0.2, 0.25) is 0 Å². The molecule has 116 valence electrons. The third kappa shape index (κ3) is 3.34. The van der Waals surface area contributed by atoms with Gasteiger partial charge in [-0.05, 0) is 26.0 Å². The number of hydrogen-bond donors (Lipinski definition) is 0. The molecule has 1 aliphatic heterocycles. The number of rotatable bonds is 1. The first-order valence-electron chi connectivity index (χ1n) is 6.50. The van der Waals surface area contributed by atoms with E-state index in [1.165, 1.54) is 4.90 Å². The lowest BCUT2D eigenvalue weighted by molar-refractivity contribution is -0.140. The highest BCUT2D eigenvalue weighted by Crippen LogP contribution is 2.32. The second-order valence-electron chi connectivity index (χ2n) is 5.13. The lowest BCUT2D eigenvalue weighted by atomic mass is 10.1. The molecule has 1 heterocycles. The smallest absolute Gasteiger partial charge is 0.372 e. The van der Waals surface area contributed by atoms with Crippen molar-refractivity contribution in [1.82, 2.24) is 4.90 Å². The van der Waals surface area contributed by atoms with E-state index in [1.807, 2.05) is 0 Å². The number of benzene rings is 1. The van der Waals surface area contributed by atoms with E-state index in [9.17, 15) is 22.4 Å². The fourth-order valence-corrected chi connectivity index (χ4v) is 2.43. The van der Waals surface area contributed by atoms with Gasteiger partial charge in [0.25, 0.3) is 5.91 Å². The molecule has 21 heavy (non-hydrogen) atoms. The molecule has 1 saturated heterocycles. The van der Waals surface area contributed by atoms with Crippen LogP contribution >= 0.6 is 0 Å². The summed E-state index contributed by atoms with van der Waals surface area (Å²) in [7, 11) is 0. The standard InChI is InChI=1S/C14H15F4NO2/c1-8-6-19(7-9(2)21-8)13(20)10-4-3-5-11(12(10)15)14(16,17)18/h3-5,8-9H,6-7H2,1-2H3. The predicted octanol–water partition coefficient (Wildman–Crippen LogP) is 3.09. The molecule has 1 fully saturated rings. The molecule has 1 aromatic rings. The minimum atomic E-state index is -4.83. The SMILES string of the molecule is CC1CN(C(=O)c2cccc(C(F)(F)F)c2F)CC(C)O1. The molecule has 7 heteroatoms. The van der Waals surface area contributed by atoms with E-state index >= 15 is 0 Å². The van der Waals surface area contributed by atoms with Crippen LogP contribution < -0.4 is 0 Å². The molecule has 0 radical (unpaired) electrons. The Hall–Kier alpha value is -1.63. The van der Waals surface area contributed by atoms with E-state index in [0.29, 0.717) is 6.07 Å². The van der Waals surface area contributed by atoms with Gasteiger partial charge in [0.1, 0.15) is 5.82 Å². The van der Waals surface area contributed by atoms with Gasteiger partial charge in [0.05, 0.1) is 23.3 Å². The fourth-order valence-electron chi connectivity index (χ4n) is 2.43. The molecular formula is C14H15F4NO2. The second kappa shape index (κ2) is 5.63. The number of amides is 1. The van der Waals surface area contributed by atoms with Gasteiger partial charge >= 0.3 is 6.18 Å². The molecule has 0 spiro atoms. The summed E-state index contributed by atoms with van der Waals surface area (Å²) in [4.78, 5) is 13.6. The number of halogens is 4. The van der Waals surface area contributed by atoms with Crippen molar-refractivity contribution in [3.63, 3.8) is 0 Å². The summed E-state index contributed by atoms with van der Waals surface area (Å²) in [5, 5.41) is 0. The Morgan fingerprint density at radius 1 is 1.24 bits per heavy atom. The summed E-state index contributed by atoms with van der Waals surface area (Å²) < 4.78 is 57.4. The molecule has 1 aliphatic rings. The lowest BCUT2D eigenvalue weighted by Gasteiger charge is -2.35. The van der Waals surface area contributed by atoms with Crippen molar-refractivity contribution in [3.05, 3.63) is 35.1 Å². The van der Waals surface area contributed by atoms with Gasteiger partial charge in [-0.1, -0.05) is 6.07 Å². The molecular weight excluding hydrogens is 290 g/mol. The monoisotopic (exact) mass is 305 g/mol. The molecule has 0 N–H and O–H groups in total. The first kappa shape index (κ1) is 15.8. The molecule has 1 aromatic carbocycles. The van der Waals surface area contributed by atoms with Gasteiger partial charge in [0.15, 0.2) is 0 Å². The van der Waals surface area contributed by atoms with E-state index in [4.69, 9.17) is 4.74 Å². The number of morpholine rings is 1. The maximum Gasteiger partial charge on any atom is 0.419 e. The van der Waals surface area contributed by atoms with Gasteiger partial charge in [-0.15, -0.1) is 0 Å². The van der Waals surface area contributed by atoms with E-state index in [2.05, 4.69) is 0 Å². The van der Waals surface area contributed by atoms with E-state index < -0.39 is 29.0 Å². The van der Waals surface area contributed by atoms with Crippen molar-refractivity contribution in [2.24, 2.45) is 0 Å². The predicted molar refractivity (Wildman–Crippen MR) is 67.3 cm³/mol. The summed E-state index contributed by atoms with van der Waals surface area (Å²) in [6.45, 7) is 3.94. The van der Waals surface area contributed by atoms with Gasteiger partial charge in [0, 0.05) is 13.1 Å². The van der Waals surface area contributed by atoms with Gasteiger partial charge in [-0.2, -0.15) is 13.2 Å². The summed E-state index contributed by atoms with van der Waals surface area (Å²) in [6.07, 6.45) is -5.32. The molecule has 0 aromatic heterocycles. The van der Waals surface area contributed by atoms with Crippen LogP contribution in [0.25, 0.3) is 0 Å². The van der Waals surface area contributed by atoms with Crippen LogP contribution in [0.2, 0.25) is 0 Å². The van der Waals surface area contributed by atoms with Crippen LogP contribution in [0, 0.1) is 5.82 Å². The van der Waals surface area contributed by atoms with Crippen molar-refractivity contribution < 1.29 is 27.1 Å². The number of alkyl halides is 3. The first-order valence-corrected chi connectivity index (χ1v) is 6.50. The zero-order valence-corrected chi connectivity index (χ0v) is 11.6. The summed E-state index contributed by atoms with van der Waals surface area (Å²) >= 11 is 0. The second-order valence-corrected chi connectivity index (χ2v) is 5.13. The van der Waals surface area contributed by atoms with Crippen LogP contribution in [0.1, 0.15) is 29.8 Å². The molecule has 2 rings (SSSR count). The maximum atomic E-state index is 14.0. The number of ether oxygens (including phenoxy) is 1. The number of hydrogen-bond acceptors (Lipinski definition) is 2. The highest BCUT2D eigenvalue weighted by Gasteiger charge is 2.37. The molecule has 2 unspecified atom stereocenters. The highest BCUT2D eigenvalue weighted by molar-refractivity contribution is 5.94. The molecule has 0 aliphatic carbocycles. The summed E-state index contributed by atoms with van der Waals surface area (Å²) in [5.41, 5.74) is -1.99. The summed E-state index contributed by atoms with van der Waals surface area (Å²) in [5.74, 6) is -2.28. The topological polar surface area (TPSA) is 29.5 Å². The third-order valence-electron chi connectivity index (χ3n) is 3.24. The minimum Gasteiger partial charge on any atom is -0.372 e. The van der Waals surface area contributed by atoms with Crippen LogP contribution in [-0.4, -0.2) is 36.1 Å². The minimum absolute atomic E-state index is 0.221. The maximum absolute atomic E-state index is 14.0. The van der Waals surface area contributed by atoms with Crippen LogP contribution in [0.4, 0.5) is 17.6 Å². The molecule has 3 nitrogen and oxygen atoms in total. The van der Waals surface area contributed by atoms with Crippen LogP contribution in [0.15, 0.2) is 18.2 Å². The number of nitrogens with zero attached hydrogens (tertiary/aromatic N) is 1. The average molecular weight is 305 g/mol. The van der Waals surface area contributed by atoms with Crippen molar-refractivity contribution in [2.75, 3.05) is 13.1 Å². The highest BCUT2D eigenvalue weighted by atomic mass is 19.4. The van der Waals surface area contributed by atoms with Crippen molar-refractivity contribution in [2.45, 2.75) is 32.2 Å². The Balaban J connectivity index is 2.32. The Bertz CT molecular complexity index is 534. The van der Waals surface area contributed by atoms with Gasteiger partial charge < -0.3 is 9.64 Å².